The number of hydrogen-bond acceptors (Lipinski definition) is 5. The fraction of sp³-hybridized carbons (Fsp3) is 0.300. The van der Waals surface area contributed by atoms with Gasteiger partial charge in [0.25, 0.3) is 0 Å². The van der Waals surface area contributed by atoms with Crippen LogP contribution in [0, 0.1) is 0 Å². The van der Waals surface area contributed by atoms with Gasteiger partial charge in [-0.3, -0.25) is 0 Å². The number of rotatable bonds is 3. The molecule has 5 nitrogen and oxygen atoms in total. The number of carbonyl (C=O) groups excluding carboxylic acids is 1. The van der Waals surface area contributed by atoms with E-state index in [0.717, 1.165) is 0 Å². The number of hydrogen-bond donors (Lipinski definition) is 2. The molecule has 0 bridgehead atoms. The summed E-state index contributed by atoms with van der Waals surface area (Å²) in [5, 5.41) is 0. The second-order valence-corrected chi connectivity index (χ2v) is 2.87. The van der Waals surface area contributed by atoms with Gasteiger partial charge in [0.2, 0.25) is 0 Å². The number of anilines is 2. The van der Waals surface area contributed by atoms with Crippen LogP contribution in [-0.4, -0.2) is 19.7 Å². The Bertz CT molecular complexity index is 377. The van der Waals surface area contributed by atoms with Crippen molar-refractivity contribution in [2.45, 2.75) is 6.92 Å². The predicted molar refractivity (Wildman–Crippen MR) is 57.8 cm³/mol. The van der Waals surface area contributed by atoms with E-state index in [9.17, 15) is 4.79 Å². The van der Waals surface area contributed by atoms with Gasteiger partial charge < -0.3 is 20.9 Å². The van der Waals surface area contributed by atoms with Crippen molar-refractivity contribution >= 4 is 17.3 Å². The van der Waals surface area contributed by atoms with E-state index < -0.39 is 5.97 Å². The van der Waals surface area contributed by atoms with Gasteiger partial charge in [0.05, 0.1) is 25.1 Å². The summed E-state index contributed by atoms with van der Waals surface area (Å²) in [6.07, 6.45) is 0. The monoisotopic (exact) mass is 210 g/mol. The summed E-state index contributed by atoms with van der Waals surface area (Å²) in [6.45, 7) is 1.99. The Kier molecular flexibility index (Phi) is 3.38. The van der Waals surface area contributed by atoms with Crippen LogP contribution < -0.4 is 16.2 Å². The molecule has 0 radical (unpaired) electrons. The van der Waals surface area contributed by atoms with E-state index in [0.29, 0.717) is 11.4 Å². The van der Waals surface area contributed by atoms with E-state index in [2.05, 4.69) is 0 Å². The number of esters is 1. The van der Waals surface area contributed by atoms with E-state index >= 15 is 0 Å². The fourth-order valence-corrected chi connectivity index (χ4v) is 1.20. The molecule has 0 atom stereocenters. The lowest BCUT2D eigenvalue weighted by Gasteiger charge is -2.11. The van der Waals surface area contributed by atoms with Crippen LogP contribution in [0.3, 0.4) is 0 Å². The van der Waals surface area contributed by atoms with Crippen molar-refractivity contribution < 1.29 is 14.3 Å². The molecular formula is C10H14N2O3. The minimum atomic E-state index is -0.529. The molecule has 1 aromatic rings. The Morgan fingerprint density at radius 1 is 1.40 bits per heavy atom. The van der Waals surface area contributed by atoms with Gasteiger partial charge in [-0.2, -0.15) is 0 Å². The average molecular weight is 210 g/mol. The molecule has 0 fully saturated rings. The first kappa shape index (κ1) is 11.2. The van der Waals surface area contributed by atoms with Crippen LogP contribution in [0.1, 0.15) is 17.3 Å². The lowest BCUT2D eigenvalue weighted by atomic mass is 10.1. The standard InChI is InChI=1S/C10H14N2O3/c1-3-15-10(13)8-7(14-2)5-4-6(11)9(8)12/h4-5H,3,11-12H2,1-2H3. The van der Waals surface area contributed by atoms with E-state index in [1.807, 2.05) is 0 Å². The zero-order chi connectivity index (χ0) is 11.4. The van der Waals surface area contributed by atoms with Gasteiger partial charge in [-0.05, 0) is 19.1 Å². The Labute approximate surface area is 88.0 Å². The van der Waals surface area contributed by atoms with Crippen molar-refractivity contribution in [1.29, 1.82) is 0 Å². The number of nitrogen functional groups attached to an aromatic ring is 2. The van der Waals surface area contributed by atoms with Crippen LogP contribution in [0.15, 0.2) is 12.1 Å². The second kappa shape index (κ2) is 4.54. The molecular weight excluding hydrogens is 196 g/mol. The summed E-state index contributed by atoms with van der Waals surface area (Å²) in [6, 6.07) is 3.16. The highest BCUT2D eigenvalue weighted by Crippen LogP contribution is 2.29. The normalized spacial score (nSPS) is 9.73. The molecule has 0 spiro atoms. The molecule has 5 heteroatoms. The van der Waals surface area contributed by atoms with Gasteiger partial charge in [0, 0.05) is 0 Å². The minimum Gasteiger partial charge on any atom is -0.496 e. The smallest absolute Gasteiger partial charge is 0.344 e. The Hall–Kier alpha value is -1.91. The van der Waals surface area contributed by atoms with Gasteiger partial charge in [-0.25, -0.2) is 4.79 Å². The molecule has 0 aliphatic carbocycles. The van der Waals surface area contributed by atoms with Gasteiger partial charge in [0.15, 0.2) is 0 Å². The van der Waals surface area contributed by atoms with Crippen molar-refractivity contribution in [3.63, 3.8) is 0 Å². The third kappa shape index (κ3) is 2.12. The maximum absolute atomic E-state index is 11.6. The number of nitrogens with two attached hydrogens (primary N) is 2. The predicted octanol–water partition coefficient (Wildman–Crippen LogP) is 1.04. The lowest BCUT2D eigenvalue weighted by Crippen LogP contribution is -2.11. The molecule has 4 N–H and O–H groups in total. The van der Waals surface area contributed by atoms with Gasteiger partial charge in [-0.1, -0.05) is 0 Å². The van der Waals surface area contributed by atoms with E-state index in [4.69, 9.17) is 20.9 Å². The first-order valence-electron chi connectivity index (χ1n) is 4.50. The van der Waals surface area contributed by atoms with Crippen molar-refractivity contribution in [2.24, 2.45) is 0 Å². The van der Waals surface area contributed by atoms with Crippen LogP contribution in [0.25, 0.3) is 0 Å². The SMILES string of the molecule is CCOC(=O)c1c(OC)ccc(N)c1N. The minimum absolute atomic E-state index is 0.180. The summed E-state index contributed by atoms with van der Waals surface area (Å²) in [5.74, 6) is -0.167. The second-order valence-electron chi connectivity index (χ2n) is 2.87. The number of benzene rings is 1. The first-order valence-corrected chi connectivity index (χ1v) is 4.50. The largest absolute Gasteiger partial charge is 0.496 e. The molecule has 0 amide bonds. The quantitative estimate of drug-likeness (QED) is 0.574. The summed E-state index contributed by atoms with van der Waals surface area (Å²) in [5.41, 5.74) is 12.0. The summed E-state index contributed by atoms with van der Waals surface area (Å²) < 4.78 is 9.86. The van der Waals surface area contributed by atoms with Gasteiger partial charge in [0.1, 0.15) is 11.3 Å². The topological polar surface area (TPSA) is 87.6 Å². The van der Waals surface area contributed by atoms with Gasteiger partial charge >= 0.3 is 5.97 Å². The third-order valence-electron chi connectivity index (χ3n) is 1.94. The molecule has 0 unspecified atom stereocenters. The van der Waals surface area contributed by atoms with E-state index in [1.165, 1.54) is 7.11 Å². The van der Waals surface area contributed by atoms with Crippen molar-refractivity contribution in [3.05, 3.63) is 17.7 Å². The highest BCUT2D eigenvalue weighted by atomic mass is 16.5. The zero-order valence-corrected chi connectivity index (χ0v) is 8.74. The molecule has 0 aliphatic rings. The highest BCUT2D eigenvalue weighted by molar-refractivity contribution is 6.01. The van der Waals surface area contributed by atoms with Crippen LogP contribution in [0.2, 0.25) is 0 Å². The zero-order valence-electron chi connectivity index (χ0n) is 8.74. The molecule has 15 heavy (non-hydrogen) atoms. The van der Waals surface area contributed by atoms with E-state index in [1.54, 1.807) is 19.1 Å². The van der Waals surface area contributed by atoms with Crippen LogP contribution in [0.5, 0.6) is 5.75 Å². The van der Waals surface area contributed by atoms with Crippen molar-refractivity contribution in [2.75, 3.05) is 25.2 Å². The molecule has 0 aliphatic heterocycles. The number of methoxy groups -OCH3 is 1. The summed E-state index contributed by atoms with van der Waals surface area (Å²) in [4.78, 5) is 11.6. The molecule has 0 heterocycles. The number of ether oxygens (including phenoxy) is 2. The Balaban J connectivity index is 3.23. The fourth-order valence-electron chi connectivity index (χ4n) is 1.20. The van der Waals surface area contributed by atoms with Crippen LogP contribution in [0.4, 0.5) is 11.4 Å². The molecule has 0 aromatic heterocycles. The summed E-state index contributed by atoms with van der Waals surface area (Å²) >= 11 is 0. The molecule has 1 rings (SSSR count). The molecule has 1 aromatic carbocycles. The average Bonchev–Trinajstić information content (AvgIpc) is 2.22. The molecule has 0 saturated heterocycles. The summed E-state index contributed by atoms with van der Waals surface area (Å²) in [7, 11) is 1.45. The van der Waals surface area contributed by atoms with Crippen LogP contribution in [-0.2, 0) is 4.74 Å². The maximum Gasteiger partial charge on any atom is 0.344 e. The van der Waals surface area contributed by atoms with Crippen molar-refractivity contribution in [3.8, 4) is 5.75 Å². The third-order valence-corrected chi connectivity index (χ3v) is 1.94. The molecule has 0 saturated carbocycles. The highest BCUT2D eigenvalue weighted by Gasteiger charge is 2.18. The lowest BCUT2D eigenvalue weighted by molar-refractivity contribution is 0.0524. The van der Waals surface area contributed by atoms with E-state index in [-0.39, 0.29) is 17.9 Å². The van der Waals surface area contributed by atoms with Crippen molar-refractivity contribution in [1.82, 2.24) is 0 Å². The van der Waals surface area contributed by atoms with Gasteiger partial charge in [-0.15, -0.1) is 0 Å². The molecule has 82 valence electrons. The maximum atomic E-state index is 11.6. The Morgan fingerprint density at radius 3 is 2.60 bits per heavy atom. The Morgan fingerprint density at radius 2 is 2.07 bits per heavy atom. The number of carbonyl (C=O) groups is 1. The first-order chi connectivity index (χ1) is 7.11. The van der Waals surface area contributed by atoms with Crippen LogP contribution >= 0.6 is 0 Å².